The molecule has 0 amide bonds. The van der Waals surface area contributed by atoms with Crippen LogP contribution in [0.25, 0.3) is 6.08 Å². The Hall–Kier alpha value is -2.54. The summed E-state index contributed by atoms with van der Waals surface area (Å²) in [4.78, 5) is 24.4. The molecule has 1 aliphatic heterocycles. The number of hydrogen-bond donors (Lipinski definition) is 2. The maximum atomic E-state index is 13.0. The Morgan fingerprint density at radius 1 is 1.38 bits per heavy atom. The van der Waals surface area contributed by atoms with Gasteiger partial charge < -0.3 is 24.4 Å². The molecule has 0 aromatic heterocycles. The summed E-state index contributed by atoms with van der Waals surface area (Å²) in [6.07, 6.45) is -0.269. The highest BCUT2D eigenvalue weighted by atomic mass is 35.5. The number of ether oxygens (including phenoxy) is 3. The number of Topliss-reactive ketones (excluding diaryl/α,β-unsaturated/α-hetero) is 1. The van der Waals surface area contributed by atoms with Crippen LogP contribution in [0.1, 0.15) is 37.5 Å². The lowest BCUT2D eigenvalue weighted by atomic mass is 9.85. The van der Waals surface area contributed by atoms with Crippen molar-refractivity contribution in [1.29, 1.82) is 5.26 Å². The minimum atomic E-state index is -1.78. The predicted octanol–water partition coefficient (Wildman–Crippen LogP) is 1.94. The molecule has 0 unspecified atom stereocenters. The molecule has 1 fully saturated rings. The van der Waals surface area contributed by atoms with Crippen molar-refractivity contribution in [2.75, 3.05) is 0 Å². The van der Waals surface area contributed by atoms with Gasteiger partial charge in [-0.2, -0.15) is 5.26 Å². The van der Waals surface area contributed by atoms with E-state index in [1.165, 1.54) is 19.9 Å². The van der Waals surface area contributed by atoms with E-state index in [1.54, 1.807) is 24.3 Å². The molecule has 0 spiro atoms. The van der Waals surface area contributed by atoms with Gasteiger partial charge in [-0.1, -0.05) is 29.8 Å². The van der Waals surface area contributed by atoms with Crippen molar-refractivity contribution in [2.45, 2.75) is 63.0 Å². The van der Waals surface area contributed by atoms with E-state index in [2.05, 4.69) is 6.07 Å². The number of esters is 1. The topological polar surface area (TPSA) is 126 Å². The second-order valence-electron chi connectivity index (χ2n) is 8.29. The van der Waals surface area contributed by atoms with Crippen LogP contribution in [0.2, 0.25) is 5.02 Å². The minimum Gasteiger partial charge on any atom is -0.449 e. The van der Waals surface area contributed by atoms with Crippen molar-refractivity contribution in [3.8, 4) is 6.07 Å². The molecule has 168 valence electrons. The highest BCUT2D eigenvalue weighted by Crippen LogP contribution is 2.53. The first-order valence-electron chi connectivity index (χ1n) is 10.1. The molecule has 1 aromatic rings. The first-order chi connectivity index (χ1) is 15.0. The fraction of sp³-hybridized carbons (Fsp3) is 0.435. The minimum absolute atomic E-state index is 0.0980. The summed E-state index contributed by atoms with van der Waals surface area (Å²) in [5.41, 5.74) is -0.853. The van der Waals surface area contributed by atoms with Crippen molar-refractivity contribution >= 4 is 29.4 Å². The number of nitriles is 1. The van der Waals surface area contributed by atoms with E-state index in [9.17, 15) is 19.8 Å². The van der Waals surface area contributed by atoms with Gasteiger partial charge >= 0.3 is 5.97 Å². The van der Waals surface area contributed by atoms with Crippen molar-refractivity contribution in [2.24, 2.45) is 0 Å². The molecule has 32 heavy (non-hydrogen) atoms. The first kappa shape index (κ1) is 22.6. The zero-order valence-corrected chi connectivity index (χ0v) is 18.4. The second-order valence-corrected chi connectivity index (χ2v) is 8.69. The van der Waals surface area contributed by atoms with Crippen LogP contribution in [0.4, 0.5) is 0 Å². The van der Waals surface area contributed by atoms with Crippen LogP contribution < -0.4 is 0 Å². The van der Waals surface area contributed by atoms with Gasteiger partial charge in [-0.15, -0.1) is 0 Å². The fourth-order valence-electron chi connectivity index (χ4n) is 4.50. The molecule has 8 nitrogen and oxygen atoms in total. The summed E-state index contributed by atoms with van der Waals surface area (Å²) in [5.74, 6) is -1.46. The standard InChI is InChI=1S/C23H22ClNO7/c1-11-22(3,31-12(2)26)20(29)19(28)21(30-11)32-23-14(4-5-18(23)27)10-15-16(23)8-13(6-7-25)9-17(15)24/h4-5,8-11,18-19,21,27-28H,6H2,1-3H3/t11-,18+,19-,21+,22+,23-/m1/s1. The van der Waals surface area contributed by atoms with Gasteiger partial charge in [-0.3, -0.25) is 9.59 Å². The van der Waals surface area contributed by atoms with Gasteiger partial charge in [-0.25, -0.2) is 0 Å². The molecule has 2 aliphatic carbocycles. The Labute approximate surface area is 189 Å². The van der Waals surface area contributed by atoms with Crippen LogP contribution in [0.15, 0.2) is 29.9 Å². The molecule has 0 radical (unpaired) electrons. The van der Waals surface area contributed by atoms with Crippen molar-refractivity contribution in [3.63, 3.8) is 0 Å². The lowest BCUT2D eigenvalue weighted by Gasteiger charge is -2.45. The number of halogens is 1. The van der Waals surface area contributed by atoms with E-state index in [-0.39, 0.29) is 6.42 Å². The van der Waals surface area contributed by atoms with Gasteiger partial charge in [0.05, 0.1) is 12.5 Å². The maximum absolute atomic E-state index is 13.0. The van der Waals surface area contributed by atoms with E-state index in [1.807, 2.05) is 0 Å². The number of carbonyl (C=O) groups is 2. The maximum Gasteiger partial charge on any atom is 0.303 e. The molecule has 4 rings (SSSR count). The first-order valence-corrected chi connectivity index (χ1v) is 10.5. The number of fused-ring (bicyclic) bond motifs is 3. The van der Waals surface area contributed by atoms with E-state index in [4.69, 9.17) is 31.1 Å². The molecule has 0 bridgehead atoms. The lowest BCUT2D eigenvalue weighted by molar-refractivity contribution is -0.299. The number of carbonyl (C=O) groups excluding carboxylic acids is 2. The summed E-state index contributed by atoms with van der Waals surface area (Å²) in [6.45, 7) is 4.06. The zero-order chi connectivity index (χ0) is 23.4. The molecular formula is C23H22ClNO7. The SMILES string of the molecule is CC(=O)O[C@]1(C)C(=O)[C@@H](O)[C@H](O[C@]23C(=Cc4c(Cl)cc(CC#N)cc42)C=C[C@@H]3O)O[C@@H]1C. The number of nitrogens with zero attached hydrogens (tertiary/aromatic N) is 1. The van der Waals surface area contributed by atoms with E-state index >= 15 is 0 Å². The predicted molar refractivity (Wildman–Crippen MR) is 112 cm³/mol. The van der Waals surface area contributed by atoms with E-state index < -0.39 is 47.6 Å². The number of rotatable bonds is 4. The van der Waals surface area contributed by atoms with Crippen LogP contribution in [-0.4, -0.2) is 52.2 Å². The van der Waals surface area contributed by atoms with Gasteiger partial charge in [0.1, 0.15) is 12.2 Å². The normalized spacial score (nSPS) is 35.2. The third kappa shape index (κ3) is 3.20. The van der Waals surface area contributed by atoms with Crippen molar-refractivity contribution in [3.05, 3.63) is 51.6 Å². The highest BCUT2D eigenvalue weighted by molar-refractivity contribution is 6.32. The number of hydrogen-bond acceptors (Lipinski definition) is 8. The Kier molecular flexibility index (Phi) is 5.52. The Morgan fingerprint density at radius 2 is 2.09 bits per heavy atom. The molecule has 9 heteroatoms. The van der Waals surface area contributed by atoms with Crippen LogP contribution >= 0.6 is 11.6 Å². The quantitative estimate of drug-likeness (QED) is 0.654. The fourth-order valence-corrected chi connectivity index (χ4v) is 4.80. The van der Waals surface area contributed by atoms with Gasteiger partial charge in [0, 0.05) is 23.1 Å². The molecule has 1 aromatic carbocycles. The summed E-state index contributed by atoms with van der Waals surface area (Å²) in [6, 6.07) is 5.46. The number of aliphatic hydroxyl groups is 2. The average Bonchev–Trinajstić information content (AvgIpc) is 3.19. The van der Waals surface area contributed by atoms with E-state index in [0.717, 1.165) is 6.92 Å². The lowest BCUT2D eigenvalue weighted by Crippen LogP contribution is -2.64. The van der Waals surface area contributed by atoms with Crippen molar-refractivity contribution < 1.29 is 34.0 Å². The van der Waals surface area contributed by atoms with E-state index in [0.29, 0.717) is 27.3 Å². The molecule has 2 N–H and O–H groups in total. The van der Waals surface area contributed by atoms with Crippen molar-refractivity contribution in [1.82, 2.24) is 0 Å². The number of aliphatic hydroxyl groups excluding tert-OH is 2. The Bertz CT molecular complexity index is 1110. The third-order valence-corrected chi connectivity index (χ3v) is 6.58. The third-order valence-electron chi connectivity index (χ3n) is 6.26. The second kappa shape index (κ2) is 7.80. The summed E-state index contributed by atoms with van der Waals surface area (Å²) in [5, 5.41) is 31.1. The number of benzene rings is 1. The van der Waals surface area contributed by atoms with Gasteiger partial charge in [0.15, 0.2) is 23.6 Å². The van der Waals surface area contributed by atoms with Crippen LogP contribution in [-0.2, 0) is 35.8 Å². The molecular weight excluding hydrogens is 438 g/mol. The summed E-state index contributed by atoms with van der Waals surface area (Å²) >= 11 is 6.44. The zero-order valence-electron chi connectivity index (χ0n) is 17.7. The van der Waals surface area contributed by atoms with Gasteiger partial charge in [0.25, 0.3) is 0 Å². The molecule has 6 atom stereocenters. The molecule has 3 aliphatic rings. The van der Waals surface area contributed by atoms with Crippen LogP contribution in [0.3, 0.4) is 0 Å². The largest absolute Gasteiger partial charge is 0.449 e. The Balaban J connectivity index is 1.73. The monoisotopic (exact) mass is 459 g/mol. The molecule has 1 saturated heterocycles. The Morgan fingerprint density at radius 3 is 2.75 bits per heavy atom. The smallest absolute Gasteiger partial charge is 0.303 e. The van der Waals surface area contributed by atoms with Gasteiger partial charge in [-0.05, 0) is 37.1 Å². The number of ketones is 1. The highest BCUT2D eigenvalue weighted by Gasteiger charge is 2.58. The van der Waals surface area contributed by atoms with Gasteiger partial charge in [0.2, 0.25) is 5.78 Å². The molecule has 1 heterocycles. The van der Waals surface area contributed by atoms with Crippen LogP contribution in [0, 0.1) is 11.3 Å². The average molecular weight is 460 g/mol. The summed E-state index contributed by atoms with van der Waals surface area (Å²) < 4.78 is 17.1. The molecule has 0 saturated carbocycles. The van der Waals surface area contributed by atoms with Crippen LogP contribution in [0.5, 0.6) is 0 Å². The summed E-state index contributed by atoms with van der Waals surface area (Å²) in [7, 11) is 0.